The Morgan fingerprint density at radius 1 is 1.17 bits per heavy atom. The molecule has 0 amide bonds. The van der Waals surface area contributed by atoms with Crippen LogP contribution in [0.4, 0.5) is 14.5 Å². The van der Waals surface area contributed by atoms with Crippen molar-refractivity contribution in [2.45, 2.75) is 26.8 Å². The molecule has 0 aliphatic heterocycles. The molecule has 0 aliphatic carbocycles. The van der Waals surface area contributed by atoms with Crippen molar-refractivity contribution in [1.82, 2.24) is 0 Å². The summed E-state index contributed by atoms with van der Waals surface area (Å²) in [6, 6.07) is 5.46. The summed E-state index contributed by atoms with van der Waals surface area (Å²) >= 11 is 1.71. The minimum atomic E-state index is -0.440. The third-order valence-corrected chi connectivity index (χ3v) is 3.83. The standard InChI is InChI=1S/C14H15F2NS/c1-8-6-12(10(3)18-8)9(2)17-14-7-11(15)4-5-13(14)16/h4-7,9,17H,1-3H3. The molecule has 18 heavy (non-hydrogen) atoms. The largest absolute Gasteiger partial charge is 0.376 e. The Hall–Kier alpha value is -1.42. The average Bonchev–Trinajstić information content (AvgIpc) is 2.63. The van der Waals surface area contributed by atoms with Crippen LogP contribution in [0, 0.1) is 25.5 Å². The fourth-order valence-corrected chi connectivity index (χ4v) is 3.02. The molecule has 1 atom stereocenters. The first kappa shape index (κ1) is 13.0. The zero-order chi connectivity index (χ0) is 13.3. The second kappa shape index (κ2) is 5.06. The van der Waals surface area contributed by atoms with Gasteiger partial charge in [0, 0.05) is 15.8 Å². The molecule has 0 fully saturated rings. The molecular formula is C14H15F2NS. The van der Waals surface area contributed by atoms with Crippen LogP contribution in [0.3, 0.4) is 0 Å². The van der Waals surface area contributed by atoms with E-state index < -0.39 is 11.6 Å². The van der Waals surface area contributed by atoms with E-state index in [-0.39, 0.29) is 11.7 Å². The van der Waals surface area contributed by atoms with Crippen LogP contribution in [0.2, 0.25) is 0 Å². The normalized spacial score (nSPS) is 12.5. The van der Waals surface area contributed by atoms with Gasteiger partial charge in [-0.05, 0) is 50.6 Å². The highest BCUT2D eigenvalue weighted by atomic mass is 32.1. The fraction of sp³-hybridized carbons (Fsp3) is 0.286. The highest BCUT2D eigenvalue weighted by molar-refractivity contribution is 7.12. The van der Waals surface area contributed by atoms with E-state index >= 15 is 0 Å². The molecule has 0 saturated carbocycles. The molecule has 1 aromatic carbocycles. The lowest BCUT2D eigenvalue weighted by Gasteiger charge is -2.16. The van der Waals surface area contributed by atoms with Crippen molar-refractivity contribution in [3.05, 3.63) is 51.2 Å². The summed E-state index contributed by atoms with van der Waals surface area (Å²) in [6.45, 7) is 6.02. The van der Waals surface area contributed by atoms with E-state index in [1.165, 1.54) is 15.8 Å². The highest BCUT2D eigenvalue weighted by Gasteiger charge is 2.13. The van der Waals surface area contributed by atoms with Crippen LogP contribution in [0.5, 0.6) is 0 Å². The Bertz CT molecular complexity index is 563. The molecule has 0 saturated heterocycles. The molecule has 0 spiro atoms. The van der Waals surface area contributed by atoms with Crippen molar-refractivity contribution in [1.29, 1.82) is 0 Å². The Morgan fingerprint density at radius 3 is 2.50 bits per heavy atom. The molecule has 1 nitrogen and oxygen atoms in total. The van der Waals surface area contributed by atoms with Gasteiger partial charge < -0.3 is 5.32 Å². The number of thiophene rings is 1. The monoisotopic (exact) mass is 267 g/mol. The maximum atomic E-state index is 13.5. The summed E-state index contributed by atoms with van der Waals surface area (Å²) in [5, 5.41) is 3.01. The zero-order valence-corrected chi connectivity index (χ0v) is 11.4. The highest BCUT2D eigenvalue weighted by Crippen LogP contribution is 2.29. The zero-order valence-electron chi connectivity index (χ0n) is 10.6. The summed E-state index contributed by atoms with van der Waals surface area (Å²) in [5.74, 6) is -0.878. The average molecular weight is 267 g/mol. The number of hydrogen-bond donors (Lipinski definition) is 1. The van der Waals surface area contributed by atoms with Crippen molar-refractivity contribution >= 4 is 17.0 Å². The summed E-state index contributed by atoms with van der Waals surface area (Å²) < 4.78 is 26.6. The van der Waals surface area contributed by atoms with Crippen LogP contribution < -0.4 is 5.32 Å². The Morgan fingerprint density at radius 2 is 1.89 bits per heavy atom. The van der Waals surface area contributed by atoms with Gasteiger partial charge in [0.25, 0.3) is 0 Å². The molecule has 1 heterocycles. The van der Waals surface area contributed by atoms with Gasteiger partial charge in [-0.2, -0.15) is 0 Å². The lowest BCUT2D eigenvalue weighted by Crippen LogP contribution is -2.08. The molecule has 1 unspecified atom stereocenters. The molecule has 1 aromatic heterocycles. The topological polar surface area (TPSA) is 12.0 Å². The van der Waals surface area contributed by atoms with Gasteiger partial charge in [-0.25, -0.2) is 8.78 Å². The molecule has 2 rings (SSSR count). The van der Waals surface area contributed by atoms with Gasteiger partial charge in [0.15, 0.2) is 0 Å². The molecule has 96 valence electrons. The van der Waals surface area contributed by atoms with Crippen LogP contribution in [-0.2, 0) is 0 Å². The quantitative estimate of drug-likeness (QED) is 0.841. The van der Waals surface area contributed by atoms with Gasteiger partial charge in [-0.1, -0.05) is 0 Å². The predicted octanol–water partition coefficient (Wildman–Crippen LogP) is 4.82. The molecule has 0 bridgehead atoms. The SMILES string of the molecule is Cc1cc(C(C)Nc2cc(F)ccc2F)c(C)s1. The van der Waals surface area contributed by atoms with E-state index in [1.807, 2.05) is 20.8 Å². The summed E-state index contributed by atoms with van der Waals surface area (Å²) in [7, 11) is 0. The van der Waals surface area contributed by atoms with Gasteiger partial charge in [0.1, 0.15) is 11.6 Å². The third kappa shape index (κ3) is 2.70. The molecule has 2 aromatic rings. The van der Waals surface area contributed by atoms with Crippen molar-refractivity contribution in [3.63, 3.8) is 0 Å². The first-order valence-electron chi connectivity index (χ1n) is 5.76. The Balaban J connectivity index is 2.23. The maximum absolute atomic E-state index is 13.5. The van der Waals surface area contributed by atoms with Crippen molar-refractivity contribution in [2.24, 2.45) is 0 Å². The number of rotatable bonds is 3. The van der Waals surface area contributed by atoms with E-state index in [0.29, 0.717) is 0 Å². The van der Waals surface area contributed by atoms with E-state index in [0.717, 1.165) is 17.7 Å². The van der Waals surface area contributed by atoms with Gasteiger partial charge in [-0.3, -0.25) is 0 Å². The first-order valence-corrected chi connectivity index (χ1v) is 6.57. The van der Waals surface area contributed by atoms with Gasteiger partial charge in [0.2, 0.25) is 0 Å². The summed E-state index contributed by atoms with van der Waals surface area (Å²) in [6.07, 6.45) is 0. The minimum Gasteiger partial charge on any atom is -0.376 e. The Labute approximate surface area is 109 Å². The smallest absolute Gasteiger partial charge is 0.146 e. The van der Waals surface area contributed by atoms with Gasteiger partial charge in [-0.15, -0.1) is 11.3 Å². The number of hydrogen-bond acceptors (Lipinski definition) is 2. The number of benzene rings is 1. The molecular weight excluding hydrogens is 252 g/mol. The fourth-order valence-electron chi connectivity index (χ4n) is 2.00. The lowest BCUT2D eigenvalue weighted by molar-refractivity contribution is 0.600. The Kier molecular flexibility index (Phi) is 3.66. The van der Waals surface area contributed by atoms with Crippen LogP contribution in [0.15, 0.2) is 24.3 Å². The lowest BCUT2D eigenvalue weighted by atomic mass is 10.1. The van der Waals surface area contributed by atoms with Crippen LogP contribution >= 0.6 is 11.3 Å². The number of aryl methyl sites for hydroxylation is 2. The van der Waals surface area contributed by atoms with Crippen LogP contribution in [-0.4, -0.2) is 0 Å². The van der Waals surface area contributed by atoms with E-state index in [1.54, 1.807) is 11.3 Å². The van der Waals surface area contributed by atoms with E-state index in [9.17, 15) is 8.78 Å². The van der Waals surface area contributed by atoms with Gasteiger partial charge in [0.05, 0.1) is 5.69 Å². The first-order chi connectivity index (χ1) is 8.47. The number of halogens is 2. The summed E-state index contributed by atoms with van der Waals surface area (Å²) in [4.78, 5) is 2.42. The van der Waals surface area contributed by atoms with Crippen LogP contribution in [0.25, 0.3) is 0 Å². The predicted molar refractivity (Wildman–Crippen MR) is 72.2 cm³/mol. The molecule has 0 radical (unpaired) electrons. The molecule has 0 aliphatic rings. The maximum Gasteiger partial charge on any atom is 0.146 e. The van der Waals surface area contributed by atoms with Crippen molar-refractivity contribution in [2.75, 3.05) is 5.32 Å². The second-order valence-corrected chi connectivity index (χ2v) is 5.82. The van der Waals surface area contributed by atoms with E-state index in [2.05, 4.69) is 11.4 Å². The van der Waals surface area contributed by atoms with Gasteiger partial charge >= 0.3 is 0 Å². The molecule has 4 heteroatoms. The molecule has 1 N–H and O–H groups in total. The number of anilines is 1. The second-order valence-electron chi connectivity index (χ2n) is 4.36. The summed E-state index contributed by atoms with van der Waals surface area (Å²) in [5.41, 5.74) is 1.33. The van der Waals surface area contributed by atoms with Crippen molar-refractivity contribution in [3.8, 4) is 0 Å². The van der Waals surface area contributed by atoms with E-state index in [4.69, 9.17) is 0 Å². The minimum absolute atomic E-state index is 0.0498. The number of nitrogens with one attached hydrogen (secondary N) is 1. The van der Waals surface area contributed by atoms with Crippen LogP contribution in [0.1, 0.15) is 28.3 Å². The van der Waals surface area contributed by atoms with Crippen molar-refractivity contribution < 1.29 is 8.78 Å². The third-order valence-electron chi connectivity index (χ3n) is 2.85.